The first-order valence-corrected chi connectivity index (χ1v) is 8.52. The van der Waals surface area contributed by atoms with Crippen LogP contribution in [0.1, 0.15) is 26.7 Å². The molecule has 1 heterocycles. The van der Waals surface area contributed by atoms with Crippen LogP contribution in [0.2, 0.25) is 5.02 Å². The molecule has 0 bridgehead atoms. The number of anilines is 1. The molecule has 0 radical (unpaired) electrons. The molecule has 0 spiro atoms. The number of benzene rings is 2. The Kier molecular flexibility index (Phi) is 4.86. The lowest BCUT2D eigenvalue weighted by molar-refractivity contribution is -0.119. The van der Waals surface area contributed by atoms with Crippen LogP contribution in [0.25, 0.3) is 22.4 Å². The number of aromatic nitrogens is 2. The van der Waals surface area contributed by atoms with Crippen molar-refractivity contribution in [3.63, 3.8) is 0 Å². The van der Waals surface area contributed by atoms with Gasteiger partial charge in [0.05, 0.1) is 16.7 Å². The average Bonchev–Trinajstić information content (AvgIpc) is 3.00. The lowest BCUT2D eigenvalue weighted by Gasteiger charge is -2.14. The Morgan fingerprint density at radius 1 is 1.29 bits per heavy atom. The van der Waals surface area contributed by atoms with Crippen molar-refractivity contribution in [1.82, 2.24) is 9.97 Å². The summed E-state index contributed by atoms with van der Waals surface area (Å²) in [6.07, 6.45) is 1.84. The fourth-order valence-corrected chi connectivity index (χ4v) is 2.89. The zero-order chi connectivity index (χ0) is 17.1. The maximum atomic E-state index is 12.4. The zero-order valence-electron chi connectivity index (χ0n) is 13.8. The average molecular weight is 342 g/mol. The maximum Gasteiger partial charge on any atom is 0.227 e. The number of carbonyl (C=O) groups excluding carboxylic acids is 1. The van der Waals surface area contributed by atoms with Gasteiger partial charge in [0.15, 0.2) is 0 Å². The van der Waals surface area contributed by atoms with E-state index >= 15 is 0 Å². The molecule has 0 aliphatic heterocycles. The largest absolute Gasteiger partial charge is 0.338 e. The van der Waals surface area contributed by atoms with E-state index in [9.17, 15) is 4.79 Å². The number of imidazole rings is 1. The maximum absolute atomic E-state index is 12.4. The van der Waals surface area contributed by atoms with E-state index in [1.54, 1.807) is 6.07 Å². The second-order valence-corrected chi connectivity index (χ2v) is 6.41. The van der Waals surface area contributed by atoms with Gasteiger partial charge in [-0.3, -0.25) is 4.79 Å². The Bertz CT molecular complexity index is 839. The van der Waals surface area contributed by atoms with Crippen molar-refractivity contribution in [3.05, 3.63) is 47.5 Å². The van der Waals surface area contributed by atoms with Crippen molar-refractivity contribution in [2.45, 2.75) is 26.7 Å². The second-order valence-electron chi connectivity index (χ2n) is 5.97. The molecule has 24 heavy (non-hydrogen) atoms. The molecule has 4 nitrogen and oxygen atoms in total. The highest BCUT2D eigenvalue weighted by molar-refractivity contribution is 6.31. The first-order valence-electron chi connectivity index (χ1n) is 8.14. The van der Waals surface area contributed by atoms with E-state index in [1.807, 2.05) is 43.3 Å². The van der Waals surface area contributed by atoms with Crippen molar-refractivity contribution < 1.29 is 4.79 Å². The first-order chi connectivity index (χ1) is 11.6. The van der Waals surface area contributed by atoms with E-state index in [0.717, 1.165) is 29.4 Å². The van der Waals surface area contributed by atoms with E-state index in [4.69, 9.17) is 11.6 Å². The number of nitrogens with one attached hydrogen (secondary N) is 2. The molecule has 1 aromatic heterocycles. The summed E-state index contributed by atoms with van der Waals surface area (Å²) in [4.78, 5) is 20.3. The third kappa shape index (κ3) is 3.44. The normalized spacial score (nSPS) is 12.3. The predicted molar refractivity (Wildman–Crippen MR) is 99.2 cm³/mol. The number of aromatic amines is 1. The minimum absolute atomic E-state index is 0.0107. The second kappa shape index (κ2) is 7.05. The highest BCUT2D eigenvalue weighted by Gasteiger charge is 2.16. The molecule has 1 unspecified atom stereocenters. The summed E-state index contributed by atoms with van der Waals surface area (Å²) in [5, 5.41) is 3.61. The van der Waals surface area contributed by atoms with Crippen LogP contribution in [0.15, 0.2) is 42.5 Å². The summed E-state index contributed by atoms with van der Waals surface area (Å²) < 4.78 is 0. The van der Waals surface area contributed by atoms with Crippen LogP contribution >= 0.6 is 11.6 Å². The van der Waals surface area contributed by atoms with Crippen LogP contribution in [0.4, 0.5) is 5.69 Å². The van der Waals surface area contributed by atoms with E-state index < -0.39 is 0 Å². The van der Waals surface area contributed by atoms with Crippen LogP contribution in [0.5, 0.6) is 0 Å². The molecule has 2 N–H and O–H groups in total. The highest BCUT2D eigenvalue weighted by Crippen LogP contribution is 2.31. The summed E-state index contributed by atoms with van der Waals surface area (Å²) >= 11 is 6.16. The molecule has 124 valence electrons. The number of halogens is 1. The number of amides is 1. The number of fused-ring (bicyclic) bond motifs is 1. The quantitative estimate of drug-likeness (QED) is 0.665. The Morgan fingerprint density at radius 2 is 2.08 bits per heavy atom. The van der Waals surface area contributed by atoms with Crippen molar-refractivity contribution in [1.29, 1.82) is 0 Å². The van der Waals surface area contributed by atoms with Crippen LogP contribution in [0, 0.1) is 5.92 Å². The minimum Gasteiger partial charge on any atom is -0.338 e. The topological polar surface area (TPSA) is 57.8 Å². The Hall–Kier alpha value is -2.33. The smallest absolute Gasteiger partial charge is 0.227 e. The fraction of sp³-hybridized carbons (Fsp3) is 0.263. The number of hydrogen-bond acceptors (Lipinski definition) is 2. The van der Waals surface area contributed by atoms with Gasteiger partial charge in [-0.25, -0.2) is 4.98 Å². The lowest BCUT2D eigenvalue weighted by Crippen LogP contribution is -2.20. The highest BCUT2D eigenvalue weighted by atomic mass is 35.5. The van der Waals surface area contributed by atoms with Gasteiger partial charge in [-0.1, -0.05) is 44.0 Å². The van der Waals surface area contributed by atoms with E-state index in [0.29, 0.717) is 16.5 Å². The van der Waals surface area contributed by atoms with E-state index in [2.05, 4.69) is 22.2 Å². The molecule has 0 aliphatic rings. The SMILES string of the molecule is CCCC(C)C(=O)Nc1ccc(Cl)cc1-c1nc2ccccc2[nH]1. The summed E-state index contributed by atoms with van der Waals surface area (Å²) in [5.74, 6) is 0.669. The molecule has 0 aliphatic carbocycles. The van der Waals surface area contributed by atoms with Gasteiger partial charge >= 0.3 is 0 Å². The molecule has 1 amide bonds. The number of rotatable bonds is 5. The van der Waals surface area contributed by atoms with Gasteiger partial charge in [-0.2, -0.15) is 0 Å². The molecule has 1 atom stereocenters. The molecular weight excluding hydrogens is 322 g/mol. The van der Waals surface area contributed by atoms with Gasteiger partial charge in [0.2, 0.25) is 5.91 Å². The summed E-state index contributed by atoms with van der Waals surface area (Å²) in [7, 11) is 0. The molecule has 2 aromatic carbocycles. The van der Waals surface area contributed by atoms with Gasteiger partial charge in [-0.15, -0.1) is 0 Å². The first kappa shape index (κ1) is 16.5. The van der Waals surface area contributed by atoms with Crippen molar-refractivity contribution in [3.8, 4) is 11.4 Å². The third-order valence-electron chi connectivity index (χ3n) is 4.05. The van der Waals surface area contributed by atoms with Crippen LogP contribution in [-0.4, -0.2) is 15.9 Å². The molecule has 0 saturated heterocycles. The van der Waals surface area contributed by atoms with E-state index in [-0.39, 0.29) is 11.8 Å². The Balaban J connectivity index is 1.98. The van der Waals surface area contributed by atoms with Gasteiger partial charge in [0.1, 0.15) is 5.82 Å². The molecule has 3 rings (SSSR count). The summed E-state index contributed by atoms with van der Waals surface area (Å²) in [6.45, 7) is 4.02. The van der Waals surface area contributed by atoms with Crippen molar-refractivity contribution in [2.75, 3.05) is 5.32 Å². The zero-order valence-corrected chi connectivity index (χ0v) is 14.5. The molecule has 5 heteroatoms. The van der Waals surface area contributed by atoms with Crippen molar-refractivity contribution >= 4 is 34.2 Å². The Morgan fingerprint density at radius 3 is 2.83 bits per heavy atom. The molecule has 0 saturated carbocycles. The number of para-hydroxylation sites is 2. The Labute approximate surface area is 146 Å². The number of hydrogen-bond donors (Lipinski definition) is 2. The summed E-state index contributed by atoms with van der Waals surface area (Å²) in [6, 6.07) is 13.2. The van der Waals surface area contributed by atoms with Crippen LogP contribution < -0.4 is 5.32 Å². The standard InChI is InChI=1S/C19H20ClN3O/c1-3-6-12(2)19(24)23-15-10-9-13(20)11-14(15)18-21-16-7-4-5-8-17(16)22-18/h4-5,7-12H,3,6H2,1-2H3,(H,21,22)(H,23,24). The minimum atomic E-state index is -0.0331. The van der Waals surface area contributed by atoms with Gasteiger partial charge in [0, 0.05) is 16.5 Å². The monoisotopic (exact) mass is 341 g/mol. The summed E-state index contributed by atoms with van der Waals surface area (Å²) in [5.41, 5.74) is 3.33. The predicted octanol–water partition coefficient (Wildman–Crippen LogP) is 5.26. The number of carbonyl (C=O) groups is 1. The third-order valence-corrected chi connectivity index (χ3v) is 4.29. The lowest BCUT2D eigenvalue weighted by atomic mass is 10.0. The van der Waals surface area contributed by atoms with E-state index in [1.165, 1.54) is 0 Å². The fourth-order valence-electron chi connectivity index (χ4n) is 2.72. The molecule has 3 aromatic rings. The molecule has 0 fully saturated rings. The number of nitrogens with zero attached hydrogens (tertiary/aromatic N) is 1. The molecular formula is C19H20ClN3O. The van der Waals surface area contributed by atoms with Gasteiger partial charge in [-0.05, 0) is 36.8 Å². The number of H-pyrrole nitrogens is 1. The van der Waals surface area contributed by atoms with Gasteiger partial charge in [0.25, 0.3) is 0 Å². The van der Waals surface area contributed by atoms with Gasteiger partial charge < -0.3 is 10.3 Å². The van der Waals surface area contributed by atoms with Crippen molar-refractivity contribution in [2.24, 2.45) is 5.92 Å². The van der Waals surface area contributed by atoms with Crippen LogP contribution in [-0.2, 0) is 4.79 Å². The van der Waals surface area contributed by atoms with Crippen LogP contribution in [0.3, 0.4) is 0 Å².